The van der Waals surface area contributed by atoms with E-state index in [-0.39, 0.29) is 11.5 Å². The van der Waals surface area contributed by atoms with Crippen molar-refractivity contribution in [1.29, 1.82) is 0 Å². The second-order valence-corrected chi connectivity index (χ2v) is 7.11. The second-order valence-electron chi connectivity index (χ2n) is 6.20. The first-order valence-corrected chi connectivity index (χ1v) is 9.19. The summed E-state index contributed by atoms with van der Waals surface area (Å²) in [6.07, 6.45) is 0. The fourth-order valence-electron chi connectivity index (χ4n) is 2.87. The molecule has 4 rings (SSSR count). The molecule has 2 amide bonds. The average molecular weight is 442 g/mol. The predicted molar refractivity (Wildman–Crippen MR) is 110 cm³/mol. The number of anilines is 2. The van der Waals surface area contributed by atoms with E-state index < -0.39 is 11.8 Å². The predicted octanol–water partition coefficient (Wildman–Crippen LogP) is 6.52. The van der Waals surface area contributed by atoms with Gasteiger partial charge in [-0.15, -0.1) is 0 Å². The third kappa shape index (κ3) is 3.89. The summed E-state index contributed by atoms with van der Waals surface area (Å²) in [6.45, 7) is 0. The molecule has 7 heteroatoms. The van der Waals surface area contributed by atoms with Gasteiger partial charge in [-0.3, -0.25) is 0 Å². The second kappa shape index (κ2) is 7.44. The van der Waals surface area contributed by atoms with Crippen molar-refractivity contribution in [3.05, 3.63) is 82.8 Å². The zero-order valence-corrected chi connectivity index (χ0v) is 16.0. The van der Waals surface area contributed by atoms with Crippen LogP contribution in [0.4, 0.5) is 25.0 Å². The van der Waals surface area contributed by atoms with Crippen molar-refractivity contribution in [3.63, 3.8) is 0 Å². The van der Waals surface area contributed by atoms with E-state index in [1.165, 1.54) is 24.3 Å². The number of carbonyl (C=O) groups is 1. The summed E-state index contributed by atoms with van der Waals surface area (Å²) < 4.78 is 27.7. The lowest BCUT2D eigenvalue weighted by Gasteiger charge is -2.09. The lowest BCUT2D eigenvalue weighted by molar-refractivity contribution is 0.262. The maximum Gasteiger partial charge on any atom is 0.323 e. The molecule has 0 aliphatic heterocycles. The van der Waals surface area contributed by atoms with Crippen molar-refractivity contribution >= 4 is 44.2 Å². The Morgan fingerprint density at radius 1 is 0.893 bits per heavy atom. The van der Waals surface area contributed by atoms with Crippen LogP contribution < -0.4 is 10.6 Å². The molecule has 4 nitrogen and oxygen atoms in total. The fourth-order valence-corrected chi connectivity index (χ4v) is 3.20. The summed E-state index contributed by atoms with van der Waals surface area (Å²) in [5.74, 6) is -0.819. The summed E-state index contributed by atoms with van der Waals surface area (Å²) in [5, 5.41) is 5.91. The van der Waals surface area contributed by atoms with E-state index in [1.54, 1.807) is 24.3 Å². The molecule has 0 saturated heterocycles. The van der Waals surface area contributed by atoms with Crippen molar-refractivity contribution in [2.75, 3.05) is 10.6 Å². The molecular weight excluding hydrogens is 428 g/mol. The molecule has 0 unspecified atom stereocenters. The largest absolute Gasteiger partial charge is 0.355 e. The monoisotopic (exact) mass is 441 g/mol. The summed E-state index contributed by atoms with van der Waals surface area (Å²) in [5.41, 5.74) is 3.22. The molecule has 0 bridgehead atoms. The molecule has 28 heavy (non-hydrogen) atoms. The molecule has 3 N–H and O–H groups in total. The maximum atomic E-state index is 13.8. The third-order valence-electron chi connectivity index (χ3n) is 4.22. The summed E-state index contributed by atoms with van der Waals surface area (Å²) >= 11 is 3.17. The van der Waals surface area contributed by atoms with E-state index in [0.29, 0.717) is 10.2 Å². The minimum Gasteiger partial charge on any atom is -0.355 e. The van der Waals surface area contributed by atoms with E-state index in [2.05, 4.69) is 31.5 Å². The Labute approximate surface area is 167 Å². The van der Waals surface area contributed by atoms with Crippen LogP contribution in [0.1, 0.15) is 0 Å². The number of fused-ring (bicyclic) bond motifs is 1. The smallest absolute Gasteiger partial charge is 0.323 e. The van der Waals surface area contributed by atoms with E-state index in [1.807, 2.05) is 18.2 Å². The van der Waals surface area contributed by atoms with Crippen LogP contribution in [0.25, 0.3) is 22.2 Å². The zero-order valence-electron chi connectivity index (χ0n) is 14.4. The number of amides is 2. The number of rotatable bonds is 3. The van der Waals surface area contributed by atoms with Gasteiger partial charge >= 0.3 is 6.03 Å². The van der Waals surface area contributed by atoms with Crippen LogP contribution in [0.2, 0.25) is 0 Å². The van der Waals surface area contributed by atoms with Crippen LogP contribution in [-0.4, -0.2) is 11.0 Å². The van der Waals surface area contributed by atoms with Gasteiger partial charge in [0.15, 0.2) is 0 Å². The molecule has 0 atom stereocenters. The summed E-state index contributed by atoms with van der Waals surface area (Å²) in [4.78, 5) is 15.3. The highest BCUT2D eigenvalue weighted by Gasteiger charge is 2.09. The maximum absolute atomic E-state index is 13.8. The Morgan fingerprint density at radius 2 is 1.68 bits per heavy atom. The van der Waals surface area contributed by atoms with Crippen LogP contribution >= 0.6 is 15.9 Å². The van der Waals surface area contributed by atoms with Gasteiger partial charge in [0.2, 0.25) is 0 Å². The van der Waals surface area contributed by atoms with E-state index >= 15 is 0 Å². The van der Waals surface area contributed by atoms with Gasteiger partial charge in [-0.05, 0) is 60.2 Å². The first-order valence-electron chi connectivity index (χ1n) is 8.40. The van der Waals surface area contributed by atoms with Gasteiger partial charge in [0.25, 0.3) is 0 Å². The van der Waals surface area contributed by atoms with Gasteiger partial charge < -0.3 is 15.6 Å². The molecule has 0 aliphatic rings. The summed E-state index contributed by atoms with van der Waals surface area (Å²) in [6, 6.07) is 17.4. The Balaban J connectivity index is 1.47. The number of benzene rings is 3. The fraction of sp³-hybridized carbons (Fsp3) is 0. The normalized spacial score (nSPS) is 10.8. The minimum atomic E-state index is -0.546. The van der Waals surface area contributed by atoms with Crippen LogP contribution in [-0.2, 0) is 0 Å². The molecule has 0 radical (unpaired) electrons. The number of aromatic amines is 1. The molecule has 140 valence electrons. The van der Waals surface area contributed by atoms with Crippen molar-refractivity contribution in [2.24, 2.45) is 0 Å². The number of H-pyrrole nitrogens is 1. The molecule has 3 aromatic carbocycles. The van der Waals surface area contributed by atoms with Crippen molar-refractivity contribution in [2.45, 2.75) is 0 Å². The van der Waals surface area contributed by atoms with Gasteiger partial charge in [-0.2, -0.15) is 0 Å². The van der Waals surface area contributed by atoms with Crippen LogP contribution in [0.5, 0.6) is 0 Å². The highest BCUT2D eigenvalue weighted by Crippen LogP contribution is 2.26. The average Bonchev–Trinajstić information content (AvgIpc) is 3.08. The van der Waals surface area contributed by atoms with Crippen molar-refractivity contribution in [1.82, 2.24) is 4.98 Å². The molecular formula is C21H14BrF2N3O. The summed E-state index contributed by atoms with van der Waals surface area (Å²) in [7, 11) is 0. The van der Waals surface area contributed by atoms with E-state index in [0.717, 1.165) is 22.2 Å². The molecule has 0 saturated carbocycles. The SMILES string of the molecule is O=C(Nc1ccc(-c2cc3cc(F)ccc3[nH]2)cc1)Nc1ccc(Br)cc1F. The number of hydrogen-bond donors (Lipinski definition) is 3. The number of halogens is 3. The topological polar surface area (TPSA) is 56.9 Å². The van der Waals surface area contributed by atoms with Crippen LogP contribution in [0, 0.1) is 11.6 Å². The van der Waals surface area contributed by atoms with Crippen LogP contribution in [0.3, 0.4) is 0 Å². The Hall–Kier alpha value is -3.19. The Bertz CT molecular complexity index is 1170. The van der Waals surface area contributed by atoms with E-state index in [4.69, 9.17) is 0 Å². The zero-order chi connectivity index (χ0) is 19.7. The van der Waals surface area contributed by atoms with Gasteiger partial charge in [0.05, 0.1) is 5.69 Å². The molecule has 0 aliphatic carbocycles. The molecule has 0 spiro atoms. The number of nitrogens with one attached hydrogen (secondary N) is 3. The first-order chi connectivity index (χ1) is 13.5. The first kappa shape index (κ1) is 18.2. The lowest BCUT2D eigenvalue weighted by Crippen LogP contribution is -2.20. The van der Waals surface area contributed by atoms with Gasteiger partial charge in [-0.1, -0.05) is 28.1 Å². The standard InChI is InChI=1S/C21H14BrF2N3O/c22-14-3-7-19(17(24)11-14)27-21(28)25-16-5-1-12(2-6-16)20-10-13-9-15(23)4-8-18(13)26-20/h1-11,26H,(H2,25,27,28). The van der Waals surface area contributed by atoms with E-state index in [9.17, 15) is 13.6 Å². The number of carbonyl (C=O) groups excluding carboxylic acids is 1. The Kier molecular flexibility index (Phi) is 4.83. The van der Waals surface area contributed by atoms with Crippen LogP contribution in [0.15, 0.2) is 71.2 Å². The van der Waals surface area contributed by atoms with Crippen molar-refractivity contribution in [3.8, 4) is 11.3 Å². The number of hydrogen-bond acceptors (Lipinski definition) is 1. The highest BCUT2D eigenvalue weighted by molar-refractivity contribution is 9.10. The highest BCUT2D eigenvalue weighted by atomic mass is 79.9. The lowest BCUT2D eigenvalue weighted by atomic mass is 10.1. The van der Waals surface area contributed by atoms with Gasteiger partial charge in [0.1, 0.15) is 11.6 Å². The number of aromatic nitrogens is 1. The molecule has 4 aromatic rings. The number of urea groups is 1. The minimum absolute atomic E-state index is 0.0858. The quantitative estimate of drug-likeness (QED) is 0.333. The van der Waals surface area contributed by atoms with Gasteiger partial charge in [-0.25, -0.2) is 13.6 Å². The molecule has 1 aromatic heterocycles. The third-order valence-corrected chi connectivity index (χ3v) is 4.71. The molecule has 0 fully saturated rings. The molecule has 1 heterocycles. The Morgan fingerprint density at radius 3 is 2.43 bits per heavy atom. The van der Waals surface area contributed by atoms with Gasteiger partial charge in [0, 0.05) is 26.8 Å². The van der Waals surface area contributed by atoms with Crippen molar-refractivity contribution < 1.29 is 13.6 Å².